The Balaban J connectivity index is 1.73. The van der Waals surface area contributed by atoms with Crippen molar-refractivity contribution < 1.29 is 28.8 Å². The van der Waals surface area contributed by atoms with Crippen LogP contribution in [-0.4, -0.2) is 52.5 Å². The smallest absolute Gasteiger partial charge is 0.333 e. The highest BCUT2D eigenvalue weighted by Gasteiger charge is 2.19. The van der Waals surface area contributed by atoms with E-state index >= 15 is 0 Å². The highest BCUT2D eigenvalue weighted by molar-refractivity contribution is 5.86. The van der Waals surface area contributed by atoms with E-state index in [2.05, 4.69) is 6.58 Å². The summed E-state index contributed by atoms with van der Waals surface area (Å²) in [6.45, 7) is 10.0. The van der Waals surface area contributed by atoms with Gasteiger partial charge in [-0.25, -0.2) is 19.7 Å². The molecule has 9 nitrogen and oxygen atoms in total. The van der Waals surface area contributed by atoms with Crippen LogP contribution in [0.1, 0.15) is 20.8 Å². The van der Waals surface area contributed by atoms with Crippen molar-refractivity contribution in [3.63, 3.8) is 0 Å². The number of phenolic OH excluding ortho intramolecular Hbond substituents is 1. The van der Waals surface area contributed by atoms with E-state index in [-0.39, 0.29) is 24.8 Å². The lowest BCUT2D eigenvalue weighted by Gasteiger charge is -2.14. The average molecular weight is 542 g/mol. The van der Waals surface area contributed by atoms with Crippen LogP contribution in [0, 0.1) is 0 Å². The average Bonchev–Trinajstić information content (AvgIpc) is 2.96. The van der Waals surface area contributed by atoms with E-state index in [1.807, 2.05) is 62.4 Å². The normalized spacial score (nSPS) is 10.6. The SMILES string of the molecule is C=C(C)C(=O)OCCOc1ccc(-c2nc(-c3ccccc3OCC)nc(-c3ccccc3OCC)n2)c(O)c1. The molecule has 9 heteroatoms. The number of benzene rings is 3. The number of aromatic hydroxyl groups is 1. The minimum atomic E-state index is -0.486. The summed E-state index contributed by atoms with van der Waals surface area (Å²) in [4.78, 5) is 25.7. The summed E-state index contributed by atoms with van der Waals surface area (Å²) >= 11 is 0. The summed E-state index contributed by atoms with van der Waals surface area (Å²) in [7, 11) is 0. The lowest BCUT2D eigenvalue weighted by molar-refractivity contribution is -0.139. The Bertz CT molecular complexity index is 1440. The standard InChI is InChI=1S/C31H31N3O6/c1-5-37-26-13-9-7-11-23(26)29-32-28(33-30(34-29)24-12-8-10-14-27(24)38-6-2)22-16-15-21(19-25(22)35)39-17-18-40-31(36)20(3)4/h7-16,19,35H,3,5-6,17-18H2,1-2,4H3. The minimum absolute atomic E-state index is 0.0485. The monoisotopic (exact) mass is 541 g/mol. The molecule has 0 unspecified atom stereocenters. The Labute approximate surface area is 233 Å². The van der Waals surface area contributed by atoms with E-state index in [0.717, 1.165) is 0 Å². The number of phenols is 1. The number of hydrogen-bond donors (Lipinski definition) is 1. The molecule has 1 N–H and O–H groups in total. The fourth-order valence-corrected chi connectivity index (χ4v) is 3.81. The molecule has 1 heterocycles. The largest absolute Gasteiger partial charge is 0.507 e. The lowest BCUT2D eigenvalue weighted by atomic mass is 10.1. The van der Waals surface area contributed by atoms with Crippen molar-refractivity contribution in [2.45, 2.75) is 20.8 Å². The van der Waals surface area contributed by atoms with Crippen molar-refractivity contribution in [2.75, 3.05) is 26.4 Å². The first kappa shape index (κ1) is 28.1. The van der Waals surface area contributed by atoms with Gasteiger partial charge in [0.15, 0.2) is 17.5 Å². The van der Waals surface area contributed by atoms with E-state index in [4.69, 9.17) is 33.9 Å². The Kier molecular flexibility index (Phi) is 9.30. The van der Waals surface area contributed by atoms with Gasteiger partial charge < -0.3 is 24.1 Å². The van der Waals surface area contributed by atoms with Crippen molar-refractivity contribution in [3.8, 4) is 57.2 Å². The predicted molar refractivity (Wildman–Crippen MR) is 151 cm³/mol. The zero-order valence-corrected chi connectivity index (χ0v) is 22.7. The zero-order chi connectivity index (χ0) is 28.5. The molecule has 40 heavy (non-hydrogen) atoms. The molecule has 1 aromatic heterocycles. The van der Waals surface area contributed by atoms with Crippen LogP contribution in [-0.2, 0) is 9.53 Å². The maximum Gasteiger partial charge on any atom is 0.333 e. The van der Waals surface area contributed by atoms with Gasteiger partial charge in [-0.2, -0.15) is 0 Å². The van der Waals surface area contributed by atoms with Crippen molar-refractivity contribution in [1.82, 2.24) is 15.0 Å². The number of carbonyl (C=O) groups excluding carboxylic acids is 1. The molecular formula is C31H31N3O6. The molecule has 0 atom stereocenters. The summed E-state index contributed by atoms with van der Waals surface area (Å²) in [5, 5.41) is 10.9. The van der Waals surface area contributed by atoms with Crippen LogP contribution in [0.15, 0.2) is 78.9 Å². The van der Waals surface area contributed by atoms with Gasteiger partial charge in [0.2, 0.25) is 0 Å². The Morgan fingerprint density at radius 3 is 1.77 bits per heavy atom. The number of esters is 1. The molecule has 0 radical (unpaired) electrons. The molecule has 0 amide bonds. The second-order valence-electron chi connectivity index (χ2n) is 8.61. The number of aromatic nitrogens is 3. The molecule has 206 valence electrons. The molecule has 4 rings (SSSR count). The van der Waals surface area contributed by atoms with Gasteiger partial charge in [-0.3, -0.25) is 0 Å². The Hall–Kier alpha value is -4.92. The number of nitrogens with zero attached hydrogens (tertiary/aromatic N) is 3. The fraction of sp³-hybridized carbons (Fsp3) is 0.226. The van der Waals surface area contributed by atoms with Gasteiger partial charge in [0.05, 0.1) is 29.9 Å². The van der Waals surface area contributed by atoms with Gasteiger partial charge in [0.25, 0.3) is 0 Å². The summed E-state index contributed by atoms with van der Waals surface area (Å²) in [6.07, 6.45) is 0. The summed E-state index contributed by atoms with van der Waals surface area (Å²) in [5.41, 5.74) is 2.07. The van der Waals surface area contributed by atoms with E-state index in [0.29, 0.717) is 64.4 Å². The first-order chi connectivity index (χ1) is 19.4. The van der Waals surface area contributed by atoms with Crippen LogP contribution >= 0.6 is 0 Å². The molecule has 0 spiro atoms. The van der Waals surface area contributed by atoms with E-state index in [1.165, 1.54) is 6.07 Å². The Morgan fingerprint density at radius 1 is 0.750 bits per heavy atom. The van der Waals surface area contributed by atoms with Crippen LogP contribution in [0.4, 0.5) is 0 Å². The molecule has 3 aromatic carbocycles. The third-order valence-electron chi connectivity index (χ3n) is 5.63. The highest BCUT2D eigenvalue weighted by atomic mass is 16.6. The fourth-order valence-electron chi connectivity index (χ4n) is 3.81. The van der Waals surface area contributed by atoms with Gasteiger partial charge in [-0.1, -0.05) is 30.8 Å². The molecule has 0 saturated heterocycles. The molecular weight excluding hydrogens is 510 g/mol. The van der Waals surface area contributed by atoms with E-state index < -0.39 is 5.97 Å². The summed E-state index contributed by atoms with van der Waals surface area (Å²) < 4.78 is 22.3. The van der Waals surface area contributed by atoms with Crippen LogP contribution < -0.4 is 14.2 Å². The van der Waals surface area contributed by atoms with Gasteiger partial charge >= 0.3 is 5.97 Å². The highest BCUT2D eigenvalue weighted by Crippen LogP contribution is 2.36. The minimum Gasteiger partial charge on any atom is -0.507 e. The maximum atomic E-state index is 11.5. The topological polar surface area (TPSA) is 113 Å². The van der Waals surface area contributed by atoms with Gasteiger partial charge in [-0.05, 0) is 57.2 Å². The van der Waals surface area contributed by atoms with Crippen LogP contribution in [0.2, 0.25) is 0 Å². The predicted octanol–water partition coefficient (Wildman–Crippen LogP) is 5.87. The van der Waals surface area contributed by atoms with Crippen molar-refractivity contribution >= 4 is 5.97 Å². The number of ether oxygens (including phenoxy) is 4. The maximum absolute atomic E-state index is 11.5. The molecule has 0 saturated carbocycles. The van der Waals surface area contributed by atoms with E-state index in [1.54, 1.807) is 19.1 Å². The van der Waals surface area contributed by atoms with E-state index in [9.17, 15) is 9.90 Å². The Morgan fingerprint density at radius 2 is 1.27 bits per heavy atom. The second kappa shape index (κ2) is 13.2. The summed E-state index contributed by atoms with van der Waals surface area (Å²) in [5.74, 6) is 2.11. The van der Waals surface area contributed by atoms with Crippen molar-refractivity contribution in [2.24, 2.45) is 0 Å². The second-order valence-corrected chi connectivity index (χ2v) is 8.61. The number of hydrogen-bond acceptors (Lipinski definition) is 9. The number of rotatable bonds is 12. The van der Waals surface area contributed by atoms with Gasteiger partial charge in [-0.15, -0.1) is 0 Å². The zero-order valence-electron chi connectivity index (χ0n) is 22.7. The molecule has 0 aliphatic carbocycles. The lowest BCUT2D eigenvalue weighted by Crippen LogP contribution is -2.12. The third kappa shape index (κ3) is 6.74. The number of carbonyl (C=O) groups is 1. The van der Waals surface area contributed by atoms with Crippen LogP contribution in [0.5, 0.6) is 23.0 Å². The van der Waals surface area contributed by atoms with Crippen molar-refractivity contribution in [3.05, 3.63) is 78.9 Å². The van der Waals surface area contributed by atoms with Crippen LogP contribution in [0.25, 0.3) is 34.2 Å². The third-order valence-corrected chi connectivity index (χ3v) is 5.63. The first-order valence-electron chi connectivity index (χ1n) is 12.9. The molecule has 0 bridgehead atoms. The molecule has 0 aliphatic rings. The first-order valence-corrected chi connectivity index (χ1v) is 12.9. The number of para-hydroxylation sites is 2. The van der Waals surface area contributed by atoms with Gasteiger partial charge in [0.1, 0.15) is 36.2 Å². The van der Waals surface area contributed by atoms with Crippen molar-refractivity contribution in [1.29, 1.82) is 0 Å². The quantitative estimate of drug-likeness (QED) is 0.134. The molecule has 0 aliphatic heterocycles. The molecule has 4 aromatic rings. The van der Waals surface area contributed by atoms with Crippen LogP contribution in [0.3, 0.4) is 0 Å². The molecule has 0 fully saturated rings. The summed E-state index contributed by atoms with van der Waals surface area (Å²) in [6, 6.07) is 19.8. The van der Waals surface area contributed by atoms with Gasteiger partial charge in [0, 0.05) is 11.6 Å².